The first kappa shape index (κ1) is 13.2. The van der Waals surface area contributed by atoms with E-state index >= 15 is 0 Å². The molecule has 1 aliphatic rings. The summed E-state index contributed by atoms with van der Waals surface area (Å²) in [5.41, 5.74) is 0. The highest BCUT2D eigenvalue weighted by Gasteiger charge is 2.11. The molecule has 1 N–H and O–H groups in total. The van der Waals surface area contributed by atoms with Gasteiger partial charge in [-0.1, -0.05) is 25.0 Å². The van der Waals surface area contributed by atoms with E-state index in [0.29, 0.717) is 6.04 Å². The van der Waals surface area contributed by atoms with Crippen LogP contribution < -0.4 is 14.8 Å². The quantitative estimate of drug-likeness (QED) is 0.870. The van der Waals surface area contributed by atoms with E-state index in [0.717, 1.165) is 31.1 Å². The van der Waals surface area contributed by atoms with Crippen LogP contribution in [0.2, 0.25) is 0 Å². The maximum absolute atomic E-state index is 5.81. The van der Waals surface area contributed by atoms with Gasteiger partial charge in [0.1, 0.15) is 0 Å². The average molecular weight is 249 g/mol. The molecule has 2 rings (SSSR count). The second kappa shape index (κ2) is 7.27. The molecule has 0 aliphatic carbocycles. The molecule has 1 saturated heterocycles. The summed E-state index contributed by atoms with van der Waals surface area (Å²) in [5, 5.41) is 3.59. The molecule has 0 radical (unpaired) electrons. The molecule has 3 nitrogen and oxygen atoms in total. The fraction of sp³-hybridized carbons (Fsp3) is 0.600. The van der Waals surface area contributed by atoms with E-state index in [1.54, 1.807) is 7.11 Å². The number of nitrogens with one attached hydrogen (secondary N) is 1. The molecule has 1 aromatic carbocycles. The second-order valence-electron chi connectivity index (χ2n) is 4.79. The van der Waals surface area contributed by atoms with E-state index in [1.807, 2.05) is 24.3 Å². The minimum atomic E-state index is 0.613. The van der Waals surface area contributed by atoms with Crippen LogP contribution in [0.1, 0.15) is 32.1 Å². The van der Waals surface area contributed by atoms with E-state index in [9.17, 15) is 0 Å². The van der Waals surface area contributed by atoms with Crippen molar-refractivity contribution in [1.82, 2.24) is 5.32 Å². The lowest BCUT2D eigenvalue weighted by atomic mass is 10.1. The molecule has 1 atom stereocenters. The highest BCUT2D eigenvalue weighted by Crippen LogP contribution is 2.26. The monoisotopic (exact) mass is 249 g/mol. The van der Waals surface area contributed by atoms with Crippen molar-refractivity contribution in [2.75, 3.05) is 20.3 Å². The first-order valence-electron chi connectivity index (χ1n) is 6.89. The van der Waals surface area contributed by atoms with Gasteiger partial charge in [-0.15, -0.1) is 0 Å². The van der Waals surface area contributed by atoms with Crippen LogP contribution in [0.4, 0.5) is 0 Å². The van der Waals surface area contributed by atoms with Gasteiger partial charge in [-0.3, -0.25) is 0 Å². The van der Waals surface area contributed by atoms with Gasteiger partial charge in [-0.05, 0) is 37.9 Å². The SMILES string of the molecule is COc1ccccc1OCCC1CCCCCN1. The topological polar surface area (TPSA) is 30.5 Å². The zero-order valence-corrected chi connectivity index (χ0v) is 11.2. The van der Waals surface area contributed by atoms with E-state index in [4.69, 9.17) is 9.47 Å². The Labute approximate surface area is 109 Å². The minimum absolute atomic E-state index is 0.613. The molecule has 1 aliphatic heterocycles. The van der Waals surface area contributed by atoms with Gasteiger partial charge in [0, 0.05) is 6.04 Å². The summed E-state index contributed by atoms with van der Waals surface area (Å²) in [6, 6.07) is 8.43. The van der Waals surface area contributed by atoms with Gasteiger partial charge in [0.05, 0.1) is 13.7 Å². The Hall–Kier alpha value is -1.22. The third-order valence-corrected chi connectivity index (χ3v) is 3.46. The van der Waals surface area contributed by atoms with E-state index in [2.05, 4.69) is 5.32 Å². The van der Waals surface area contributed by atoms with Crippen molar-refractivity contribution in [2.24, 2.45) is 0 Å². The molecule has 1 fully saturated rings. The third kappa shape index (κ3) is 3.91. The van der Waals surface area contributed by atoms with E-state index < -0.39 is 0 Å². The highest BCUT2D eigenvalue weighted by molar-refractivity contribution is 5.39. The Morgan fingerprint density at radius 2 is 2.00 bits per heavy atom. The van der Waals surface area contributed by atoms with Crippen LogP contribution >= 0.6 is 0 Å². The lowest BCUT2D eigenvalue weighted by molar-refractivity contribution is 0.269. The summed E-state index contributed by atoms with van der Waals surface area (Å²) in [4.78, 5) is 0. The number of hydrogen-bond donors (Lipinski definition) is 1. The molecular weight excluding hydrogens is 226 g/mol. The summed E-state index contributed by atoms with van der Waals surface area (Å²) in [5.74, 6) is 1.65. The van der Waals surface area contributed by atoms with Gasteiger partial charge >= 0.3 is 0 Å². The van der Waals surface area contributed by atoms with Gasteiger partial charge in [-0.2, -0.15) is 0 Å². The van der Waals surface area contributed by atoms with Crippen molar-refractivity contribution >= 4 is 0 Å². The largest absolute Gasteiger partial charge is 0.493 e. The second-order valence-corrected chi connectivity index (χ2v) is 4.79. The molecule has 0 saturated carbocycles. The maximum Gasteiger partial charge on any atom is 0.161 e. The van der Waals surface area contributed by atoms with Gasteiger partial charge in [0.2, 0.25) is 0 Å². The fourth-order valence-electron chi connectivity index (χ4n) is 2.40. The van der Waals surface area contributed by atoms with Crippen LogP contribution in [0, 0.1) is 0 Å². The number of rotatable bonds is 5. The zero-order chi connectivity index (χ0) is 12.6. The third-order valence-electron chi connectivity index (χ3n) is 3.46. The van der Waals surface area contributed by atoms with Crippen LogP contribution in [0.3, 0.4) is 0 Å². The molecule has 0 spiro atoms. The summed E-state index contributed by atoms with van der Waals surface area (Å²) >= 11 is 0. The predicted octanol–water partition coefficient (Wildman–Crippen LogP) is 3.00. The Morgan fingerprint density at radius 3 is 2.83 bits per heavy atom. The van der Waals surface area contributed by atoms with Gasteiger partial charge in [-0.25, -0.2) is 0 Å². The van der Waals surface area contributed by atoms with E-state index in [-0.39, 0.29) is 0 Å². The molecule has 1 unspecified atom stereocenters. The summed E-state index contributed by atoms with van der Waals surface area (Å²) < 4.78 is 11.1. The maximum atomic E-state index is 5.81. The predicted molar refractivity (Wildman–Crippen MR) is 73.4 cm³/mol. The van der Waals surface area contributed by atoms with Crippen LogP contribution in [0.25, 0.3) is 0 Å². The molecule has 18 heavy (non-hydrogen) atoms. The molecule has 100 valence electrons. The number of methoxy groups -OCH3 is 1. The Balaban J connectivity index is 1.77. The van der Waals surface area contributed by atoms with Crippen LogP contribution in [0.15, 0.2) is 24.3 Å². The lowest BCUT2D eigenvalue weighted by Crippen LogP contribution is -2.29. The van der Waals surface area contributed by atoms with Crippen molar-refractivity contribution in [1.29, 1.82) is 0 Å². The summed E-state index contributed by atoms with van der Waals surface area (Å²) in [6.07, 6.45) is 6.35. The van der Waals surface area contributed by atoms with Crippen LogP contribution in [0.5, 0.6) is 11.5 Å². The van der Waals surface area contributed by atoms with Crippen molar-refractivity contribution in [3.05, 3.63) is 24.3 Å². The van der Waals surface area contributed by atoms with Crippen molar-refractivity contribution in [3.8, 4) is 11.5 Å². The van der Waals surface area contributed by atoms with Gasteiger partial charge in [0.15, 0.2) is 11.5 Å². The Morgan fingerprint density at radius 1 is 1.17 bits per heavy atom. The average Bonchev–Trinajstić information content (AvgIpc) is 2.68. The standard InChI is InChI=1S/C15H23NO2/c1-17-14-8-4-5-9-15(14)18-12-10-13-7-3-2-6-11-16-13/h4-5,8-9,13,16H,2-3,6-7,10-12H2,1H3. The molecule has 1 aromatic rings. The van der Waals surface area contributed by atoms with Crippen molar-refractivity contribution < 1.29 is 9.47 Å². The summed E-state index contributed by atoms with van der Waals surface area (Å²) in [7, 11) is 1.68. The van der Waals surface area contributed by atoms with Crippen molar-refractivity contribution in [2.45, 2.75) is 38.1 Å². The molecule has 1 heterocycles. The molecule has 0 aromatic heterocycles. The summed E-state index contributed by atoms with van der Waals surface area (Å²) in [6.45, 7) is 1.90. The number of hydrogen-bond acceptors (Lipinski definition) is 3. The zero-order valence-electron chi connectivity index (χ0n) is 11.2. The number of ether oxygens (including phenoxy) is 2. The molecular formula is C15H23NO2. The first-order valence-corrected chi connectivity index (χ1v) is 6.89. The number of para-hydroxylation sites is 2. The van der Waals surface area contributed by atoms with Crippen molar-refractivity contribution in [3.63, 3.8) is 0 Å². The van der Waals surface area contributed by atoms with Crippen LogP contribution in [-0.4, -0.2) is 26.3 Å². The fourth-order valence-corrected chi connectivity index (χ4v) is 2.40. The number of benzene rings is 1. The van der Waals surface area contributed by atoms with Gasteiger partial charge in [0.25, 0.3) is 0 Å². The smallest absolute Gasteiger partial charge is 0.161 e. The van der Waals surface area contributed by atoms with Gasteiger partial charge < -0.3 is 14.8 Å². The van der Waals surface area contributed by atoms with Crippen LogP contribution in [-0.2, 0) is 0 Å². The normalized spacial score (nSPS) is 20.2. The molecule has 0 amide bonds. The molecule has 3 heteroatoms. The highest BCUT2D eigenvalue weighted by atomic mass is 16.5. The first-order chi connectivity index (χ1) is 8.90. The van der Waals surface area contributed by atoms with E-state index in [1.165, 1.54) is 25.7 Å². The lowest BCUT2D eigenvalue weighted by Gasteiger charge is -2.16. The minimum Gasteiger partial charge on any atom is -0.493 e. The Kier molecular flexibility index (Phi) is 5.34. The Bertz CT molecular complexity index is 346. The molecule has 0 bridgehead atoms.